The van der Waals surface area contributed by atoms with Crippen LogP contribution in [0.4, 0.5) is 11.4 Å². The summed E-state index contributed by atoms with van der Waals surface area (Å²) in [6.45, 7) is 4.25. The summed E-state index contributed by atoms with van der Waals surface area (Å²) < 4.78 is 0. The standard InChI is InChI=1S/C10H15ClN2/c1-3-7(2)13-10-5-4-8(11)6-9(10)12/h4-7,13H,3,12H2,1-2H3. The fourth-order valence-corrected chi connectivity index (χ4v) is 1.21. The van der Waals surface area contributed by atoms with Crippen molar-refractivity contribution in [3.8, 4) is 0 Å². The third-order valence-corrected chi connectivity index (χ3v) is 2.26. The summed E-state index contributed by atoms with van der Waals surface area (Å²) in [4.78, 5) is 0. The van der Waals surface area contributed by atoms with Gasteiger partial charge in [0.2, 0.25) is 0 Å². The van der Waals surface area contributed by atoms with Gasteiger partial charge < -0.3 is 11.1 Å². The zero-order valence-corrected chi connectivity index (χ0v) is 8.73. The summed E-state index contributed by atoms with van der Waals surface area (Å²) >= 11 is 5.78. The Bertz CT molecular complexity index is 286. The molecule has 1 aromatic carbocycles. The number of anilines is 2. The number of hydrogen-bond acceptors (Lipinski definition) is 2. The van der Waals surface area contributed by atoms with Crippen LogP contribution in [0.5, 0.6) is 0 Å². The molecule has 1 atom stereocenters. The monoisotopic (exact) mass is 198 g/mol. The van der Waals surface area contributed by atoms with E-state index in [1.807, 2.05) is 12.1 Å². The minimum Gasteiger partial charge on any atom is -0.397 e. The predicted octanol–water partition coefficient (Wildman–Crippen LogP) is 3.13. The van der Waals surface area contributed by atoms with E-state index in [0.717, 1.165) is 12.1 Å². The molecule has 0 radical (unpaired) electrons. The van der Waals surface area contributed by atoms with Crippen LogP contribution in [0.1, 0.15) is 20.3 Å². The first-order valence-corrected chi connectivity index (χ1v) is 4.83. The van der Waals surface area contributed by atoms with Crippen molar-refractivity contribution in [3.63, 3.8) is 0 Å². The van der Waals surface area contributed by atoms with Crippen molar-refractivity contribution < 1.29 is 0 Å². The first kappa shape index (κ1) is 10.2. The smallest absolute Gasteiger partial charge is 0.0577 e. The van der Waals surface area contributed by atoms with Crippen LogP contribution in [0, 0.1) is 0 Å². The maximum Gasteiger partial charge on any atom is 0.0577 e. The average Bonchev–Trinajstić information content (AvgIpc) is 2.09. The highest BCUT2D eigenvalue weighted by molar-refractivity contribution is 6.31. The van der Waals surface area contributed by atoms with Crippen molar-refractivity contribution in [2.75, 3.05) is 11.1 Å². The summed E-state index contributed by atoms with van der Waals surface area (Å²) in [6, 6.07) is 5.93. The van der Waals surface area contributed by atoms with E-state index in [4.69, 9.17) is 17.3 Å². The van der Waals surface area contributed by atoms with Gasteiger partial charge in [0, 0.05) is 11.1 Å². The van der Waals surface area contributed by atoms with Gasteiger partial charge in [-0.15, -0.1) is 0 Å². The number of nitrogen functional groups attached to an aromatic ring is 1. The summed E-state index contributed by atoms with van der Waals surface area (Å²) in [5, 5.41) is 3.98. The van der Waals surface area contributed by atoms with E-state index in [2.05, 4.69) is 19.2 Å². The fourth-order valence-electron chi connectivity index (χ4n) is 1.03. The van der Waals surface area contributed by atoms with Crippen LogP contribution in [0.3, 0.4) is 0 Å². The molecule has 0 fully saturated rings. The molecule has 0 saturated carbocycles. The Labute approximate surface area is 84.1 Å². The SMILES string of the molecule is CCC(C)Nc1ccc(Cl)cc1N. The summed E-state index contributed by atoms with van der Waals surface area (Å²) in [5.74, 6) is 0. The molecule has 0 aliphatic heterocycles. The number of halogens is 1. The van der Waals surface area contributed by atoms with E-state index < -0.39 is 0 Å². The molecule has 3 heteroatoms. The third kappa shape index (κ3) is 2.81. The van der Waals surface area contributed by atoms with Crippen molar-refractivity contribution in [3.05, 3.63) is 23.2 Å². The molecule has 1 aromatic rings. The molecule has 0 bridgehead atoms. The van der Waals surface area contributed by atoms with Gasteiger partial charge in [-0.25, -0.2) is 0 Å². The van der Waals surface area contributed by atoms with Gasteiger partial charge in [0.25, 0.3) is 0 Å². The Hall–Kier alpha value is -0.890. The van der Waals surface area contributed by atoms with Gasteiger partial charge in [0.1, 0.15) is 0 Å². The van der Waals surface area contributed by atoms with Crippen molar-refractivity contribution in [2.24, 2.45) is 0 Å². The summed E-state index contributed by atoms with van der Waals surface area (Å²) in [5.41, 5.74) is 7.44. The van der Waals surface area contributed by atoms with Crippen LogP contribution < -0.4 is 11.1 Å². The minimum atomic E-state index is 0.434. The first-order valence-electron chi connectivity index (χ1n) is 4.45. The Morgan fingerprint density at radius 1 is 1.54 bits per heavy atom. The predicted molar refractivity (Wildman–Crippen MR) is 59.2 cm³/mol. The Kier molecular flexibility index (Phi) is 3.43. The quantitative estimate of drug-likeness (QED) is 0.733. The van der Waals surface area contributed by atoms with Crippen LogP contribution in [0.15, 0.2) is 18.2 Å². The van der Waals surface area contributed by atoms with Gasteiger partial charge in [-0.05, 0) is 31.5 Å². The lowest BCUT2D eigenvalue weighted by atomic mass is 10.2. The second kappa shape index (κ2) is 4.38. The molecule has 0 saturated heterocycles. The van der Waals surface area contributed by atoms with Crippen LogP contribution in [-0.2, 0) is 0 Å². The molecule has 0 aliphatic carbocycles. The van der Waals surface area contributed by atoms with E-state index in [1.165, 1.54) is 0 Å². The Balaban J connectivity index is 2.77. The third-order valence-electron chi connectivity index (χ3n) is 2.03. The Morgan fingerprint density at radius 2 is 2.23 bits per heavy atom. The highest BCUT2D eigenvalue weighted by Gasteiger charge is 2.02. The molecule has 0 amide bonds. The number of benzene rings is 1. The molecule has 1 rings (SSSR count). The van der Waals surface area contributed by atoms with E-state index in [9.17, 15) is 0 Å². The molecule has 0 spiro atoms. The lowest BCUT2D eigenvalue weighted by Gasteiger charge is -2.14. The molecular formula is C10H15ClN2. The number of hydrogen-bond donors (Lipinski definition) is 2. The fraction of sp³-hybridized carbons (Fsp3) is 0.400. The Morgan fingerprint density at radius 3 is 2.77 bits per heavy atom. The van der Waals surface area contributed by atoms with Crippen molar-refractivity contribution in [1.29, 1.82) is 0 Å². The number of nitrogens with one attached hydrogen (secondary N) is 1. The largest absolute Gasteiger partial charge is 0.397 e. The van der Waals surface area contributed by atoms with Crippen molar-refractivity contribution in [1.82, 2.24) is 0 Å². The van der Waals surface area contributed by atoms with Gasteiger partial charge in [0.05, 0.1) is 11.4 Å². The molecule has 0 aromatic heterocycles. The maximum absolute atomic E-state index is 5.78. The highest BCUT2D eigenvalue weighted by Crippen LogP contribution is 2.23. The average molecular weight is 199 g/mol. The van der Waals surface area contributed by atoms with E-state index >= 15 is 0 Å². The van der Waals surface area contributed by atoms with E-state index in [1.54, 1.807) is 6.07 Å². The lowest BCUT2D eigenvalue weighted by Crippen LogP contribution is -2.14. The maximum atomic E-state index is 5.78. The molecule has 72 valence electrons. The van der Waals surface area contributed by atoms with Gasteiger partial charge in [-0.3, -0.25) is 0 Å². The molecule has 3 N–H and O–H groups in total. The van der Waals surface area contributed by atoms with Gasteiger partial charge in [-0.2, -0.15) is 0 Å². The summed E-state index contributed by atoms with van der Waals surface area (Å²) in [7, 11) is 0. The van der Waals surface area contributed by atoms with E-state index in [0.29, 0.717) is 16.8 Å². The molecule has 0 aliphatic rings. The van der Waals surface area contributed by atoms with Crippen LogP contribution in [-0.4, -0.2) is 6.04 Å². The molecule has 2 nitrogen and oxygen atoms in total. The normalized spacial score (nSPS) is 12.5. The minimum absolute atomic E-state index is 0.434. The zero-order chi connectivity index (χ0) is 9.84. The van der Waals surface area contributed by atoms with Crippen molar-refractivity contribution in [2.45, 2.75) is 26.3 Å². The zero-order valence-electron chi connectivity index (χ0n) is 7.97. The molecular weight excluding hydrogens is 184 g/mol. The first-order chi connectivity index (χ1) is 6.13. The second-order valence-corrected chi connectivity index (χ2v) is 3.62. The molecule has 0 heterocycles. The highest BCUT2D eigenvalue weighted by atomic mass is 35.5. The molecule has 1 unspecified atom stereocenters. The van der Waals surface area contributed by atoms with Crippen LogP contribution in [0.25, 0.3) is 0 Å². The van der Waals surface area contributed by atoms with E-state index in [-0.39, 0.29) is 0 Å². The van der Waals surface area contributed by atoms with Crippen LogP contribution >= 0.6 is 11.6 Å². The number of nitrogens with two attached hydrogens (primary N) is 1. The second-order valence-electron chi connectivity index (χ2n) is 3.19. The van der Waals surface area contributed by atoms with Gasteiger partial charge in [-0.1, -0.05) is 18.5 Å². The molecule has 13 heavy (non-hydrogen) atoms. The summed E-state index contributed by atoms with van der Waals surface area (Å²) in [6.07, 6.45) is 1.07. The lowest BCUT2D eigenvalue weighted by molar-refractivity contribution is 0.764. The number of rotatable bonds is 3. The van der Waals surface area contributed by atoms with Crippen molar-refractivity contribution >= 4 is 23.0 Å². The van der Waals surface area contributed by atoms with Crippen LogP contribution in [0.2, 0.25) is 5.02 Å². The van der Waals surface area contributed by atoms with Gasteiger partial charge >= 0.3 is 0 Å². The topological polar surface area (TPSA) is 38.0 Å². The van der Waals surface area contributed by atoms with Gasteiger partial charge in [0.15, 0.2) is 0 Å².